The smallest absolute Gasteiger partial charge is 1.00 e. The second-order valence-corrected chi connectivity index (χ2v) is 20.2. The van der Waals surface area contributed by atoms with Crippen molar-refractivity contribution >= 4 is 22.8 Å². The number of rotatable bonds is 4. The largest absolute Gasteiger partial charge is 1.00 e. The van der Waals surface area contributed by atoms with E-state index in [4.69, 9.17) is 0 Å². The summed E-state index contributed by atoms with van der Waals surface area (Å²) in [6.07, 6.45) is 3.73. The second-order valence-electron chi connectivity index (χ2n) is 6.99. The fourth-order valence-electron chi connectivity index (χ4n) is 3.92. The molecular formula is C23H23Cl2SiZr. The Balaban J connectivity index is 0.00000131. The molecule has 0 bridgehead atoms. The van der Waals surface area contributed by atoms with Crippen molar-refractivity contribution in [3.05, 3.63) is 77.4 Å². The molecule has 0 N–H and O–H groups in total. The van der Waals surface area contributed by atoms with E-state index in [2.05, 4.69) is 86.8 Å². The van der Waals surface area contributed by atoms with Crippen molar-refractivity contribution in [2.45, 2.75) is 30.1 Å². The van der Waals surface area contributed by atoms with E-state index in [1.807, 2.05) is 0 Å². The summed E-state index contributed by atoms with van der Waals surface area (Å²) in [4.78, 5) is 0. The van der Waals surface area contributed by atoms with Gasteiger partial charge in [0.1, 0.15) is 0 Å². The fraction of sp³-hybridized carbons (Fsp3) is 0.217. The number of halogens is 2. The van der Waals surface area contributed by atoms with E-state index in [9.17, 15) is 0 Å². The molecule has 0 saturated heterocycles. The van der Waals surface area contributed by atoms with Crippen LogP contribution in [-0.2, 0) is 22.4 Å². The molecule has 0 amide bonds. The molecule has 137 valence electrons. The molecule has 0 aromatic heterocycles. The summed E-state index contributed by atoms with van der Waals surface area (Å²) in [5.41, 5.74) is 7.62. The number of benzene rings is 3. The van der Waals surface area contributed by atoms with E-state index in [0.29, 0.717) is 0 Å². The average Bonchev–Trinajstić information content (AvgIpc) is 2.98. The summed E-state index contributed by atoms with van der Waals surface area (Å²) in [6, 6.07) is 22.5. The van der Waals surface area contributed by atoms with Gasteiger partial charge in [-0.2, -0.15) is 0 Å². The van der Waals surface area contributed by atoms with Gasteiger partial charge in [-0.15, -0.1) is 0 Å². The first-order valence-corrected chi connectivity index (χ1v) is 16.7. The van der Waals surface area contributed by atoms with E-state index in [1.165, 1.54) is 33.9 Å². The number of allylic oxidation sites excluding steroid dienone is 1. The number of hydrogen-bond acceptors (Lipinski definition) is 0. The monoisotopic (exact) mass is 487 g/mol. The topological polar surface area (TPSA) is 0 Å². The Labute approximate surface area is 187 Å². The molecule has 3 aromatic carbocycles. The molecule has 27 heavy (non-hydrogen) atoms. The third kappa shape index (κ3) is 4.35. The van der Waals surface area contributed by atoms with Gasteiger partial charge in [-0.3, -0.25) is 0 Å². The van der Waals surface area contributed by atoms with Gasteiger partial charge >= 0.3 is 164 Å². The molecule has 4 rings (SSSR count). The van der Waals surface area contributed by atoms with Crippen molar-refractivity contribution < 1.29 is 47.2 Å². The fourth-order valence-corrected chi connectivity index (χ4v) is 12.9. The molecule has 0 fully saturated rings. The third-order valence-electron chi connectivity index (χ3n) is 5.07. The SMILES string of the molecule is CCC1=Cc2c(-c3cccc4ccccc34)cccc2[CH]1[Zr+2][Si](C)C.[Cl-].[Cl-]. The van der Waals surface area contributed by atoms with Crippen LogP contribution in [0.25, 0.3) is 28.0 Å². The normalized spacial score (nSPS) is 14.8. The van der Waals surface area contributed by atoms with Crippen LogP contribution < -0.4 is 24.8 Å². The predicted octanol–water partition coefficient (Wildman–Crippen LogP) is 0.697. The molecule has 0 spiro atoms. The minimum atomic E-state index is -0.360. The molecule has 0 aliphatic heterocycles. The second kappa shape index (κ2) is 9.70. The Morgan fingerprint density at radius 2 is 1.52 bits per heavy atom. The molecule has 1 radical (unpaired) electrons. The van der Waals surface area contributed by atoms with Gasteiger partial charge in [-0.1, -0.05) is 0 Å². The van der Waals surface area contributed by atoms with Crippen LogP contribution in [0.15, 0.2) is 66.2 Å². The van der Waals surface area contributed by atoms with E-state index in [0.717, 1.165) is 3.63 Å². The summed E-state index contributed by atoms with van der Waals surface area (Å²) >= 11 is -0.360. The molecule has 3 aromatic rings. The standard InChI is InChI=1S/C21H17.C2H6Si.2ClH.Zr/c1-2-15-13-17-9-6-12-20(21(17)14-15)19-11-5-8-16-7-3-4-10-18(16)19;1-3-2;;;/h3-14H,2H2,1H3;1-2H3;2*1H;/q;;;;+2/p-2. The average molecular weight is 490 g/mol. The quantitative estimate of drug-likeness (QED) is 0.474. The molecule has 1 atom stereocenters. The van der Waals surface area contributed by atoms with Crippen LogP contribution in [-0.4, -0.2) is 5.92 Å². The third-order valence-corrected chi connectivity index (χ3v) is 14.0. The van der Waals surface area contributed by atoms with Crippen molar-refractivity contribution in [3.63, 3.8) is 0 Å². The van der Waals surface area contributed by atoms with E-state index >= 15 is 0 Å². The minimum absolute atomic E-state index is 0. The number of hydrogen-bond donors (Lipinski definition) is 0. The van der Waals surface area contributed by atoms with E-state index < -0.39 is 0 Å². The summed E-state index contributed by atoms with van der Waals surface area (Å²) in [5.74, 6) is -0.0834. The van der Waals surface area contributed by atoms with Crippen LogP contribution in [0.3, 0.4) is 0 Å². The molecule has 1 aliphatic carbocycles. The Kier molecular flexibility index (Phi) is 8.13. The van der Waals surface area contributed by atoms with E-state index in [1.54, 1.807) is 11.1 Å². The van der Waals surface area contributed by atoms with Gasteiger partial charge in [0.25, 0.3) is 0 Å². The van der Waals surface area contributed by atoms with Gasteiger partial charge in [0, 0.05) is 0 Å². The van der Waals surface area contributed by atoms with Crippen molar-refractivity contribution in [1.82, 2.24) is 0 Å². The molecule has 1 unspecified atom stereocenters. The van der Waals surface area contributed by atoms with Gasteiger partial charge in [0.15, 0.2) is 0 Å². The van der Waals surface area contributed by atoms with Crippen molar-refractivity contribution in [2.24, 2.45) is 0 Å². The maximum atomic E-state index is 2.53. The maximum absolute atomic E-state index is 2.53. The van der Waals surface area contributed by atoms with Crippen LogP contribution in [0.4, 0.5) is 0 Å². The Bertz CT molecular complexity index is 960. The molecule has 0 nitrogen and oxygen atoms in total. The summed E-state index contributed by atoms with van der Waals surface area (Å²) < 4.78 is 0.808. The van der Waals surface area contributed by atoms with Crippen molar-refractivity contribution in [2.75, 3.05) is 0 Å². The molecule has 1 aliphatic rings. The van der Waals surface area contributed by atoms with Crippen LogP contribution in [0.2, 0.25) is 13.1 Å². The zero-order valence-electron chi connectivity index (χ0n) is 15.9. The number of fused-ring (bicyclic) bond motifs is 2. The summed E-state index contributed by atoms with van der Waals surface area (Å²) in [7, 11) is 0. The predicted molar refractivity (Wildman–Crippen MR) is 108 cm³/mol. The van der Waals surface area contributed by atoms with E-state index in [-0.39, 0.29) is 53.1 Å². The molecule has 0 saturated carbocycles. The Hall–Kier alpha value is -0.660. The minimum Gasteiger partial charge on any atom is -1.00 e. The van der Waals surface area contributed by atoms with Crippen molar-refractivity contribution in [1.29, 1.82) is 0 Å². The van der Waals surface area contributed by atoms with Gasteiger partial charge < -0.3 is 24.8 Å². The van der Waals surface area contributed by atoms with Crippen LogP contribution >= 0.6 is 0 Å². The van der Waals surface area contributed by atoms with Crippen LogP contribution in [0.5, 0.6) is 0 Å². The zero-order chi connectivity index (χ0) is 17.4. The molecule has 0 heterocycles. The van der Waals surface area contributed by atoms with Gasteiger partial charge in [0.05, 0.1) is 0 Å². The van der Waals surface area contributed by atoms with Crippen molar-refractivity contribution in [3.8, 4) is 11.1 Å². The first-order valence-electron chi connectivity index (χ1n) is 9.07. The first-order chi connectivity index (χ1) is 12.2. The van der Waals surface area contributed by atoms with Crippen LogP contribution in [0, 0.1) is 0 Å². The van der Waals surface area contributed by atoms with Gasteiger partial charge in [-0.05, 0) is 0 Å². The Morgan fingerprint density at radius 3 is 2.26 bits per heavy atom. The first kappa shape index (κ1) is 22.6. The van der Waals surface area contributed by atoms with Gasteiger partial charge in [0.2, 0.25) is 0 Å². The van der Waals surface area contributed by atoms with Gasteiger partial charge in [-0.25, -0.2) is 0 Å². The Morgan fingerprint density at radius 1 is 0.852 bits per heavy atom. The maximum Gasteiger partial charge on any atom is -1.00 e. The summed E-state index contributed by atoms with van der Waals surface area (Å²) in [5, 5.41) is 2.69. The summed E-state index contributed by atoms with van der Waals surface area (Å²) in [6.45, 7) is 7.35. The molecule has 4 heteroatoms. The molecular weight excluding hydrogens is 466 g/mol. The van der Waals surface area contributed by atoms with Crippen LogP contribution in [0.1, 0.15) is 28.1 Å². The zero-order valence-corrected chi connectivity index (χ0v) is 20.9.